The van der Waals surface area contributed by atoms with Crippen molar-refractivity contribution in [2.45, 2.75) is 13.8 Å². The number of ketones is 1. The van der Waals surface area contributed by atoms with Gasteiger partial charge in [0.2, 0.25) is 0 Å². The first kappa shape index (κ1) is 26.8. The Bertz CT molecular complexity index is 1290. The Hall–Kier alpha value is -3.47. The minimum atomic E-state index is -0.125. The van der Waals surface area contributed by atoms with E-state index in [-0.39, 0.29) is 31.6 Å². The second kappa shape index (κ2) is 12.7. The number of methoxy groups -OCH3 is 2. The maximum absolute atomic E-state index is 10.0. The molecule has 0 unspecified atom stereocenters. The summed E-state index contributed by atoms with van der Waals surface area (Å²) >= 11 is 0. The van der Waals surface area contributed by atoms with Crippen LogP contribution in [0.25, 0.3) is 33.2 Å². The molecule has 0 aliphatic heterocycles. The van der Waals surface area contributed by atoms with E-state index in [9.17, 15) is 4.79 Å². The summed E-state index contributed by atoms with van der Waals surface area (Å²) in [5, 5.41) is 10.8. The van der Waals surface area contributed by atoms with Crippen LogP contribution in [0.5, 0.6) is 11.5 Å². The van der Waals surface area contributed by atoms with Gasteiger partial charge in [0.15, 0.2) is 5.78 Å². The Balaban J connectivity index is 0.000000449. The summed E-state index contributed by atoms with van der Waals surface area (Å²) in [6.45, 7) is 2.85. The van der Waals surface area contributed by atoms with Crippen molar-refractivity contribution in [3.8, 4) is 33.9 Å². The Morgan fingerprint density at radius 2 is 1.74 bits per heavy atom. The number of hydrogen-bond donors (Lipinski definition) is 1. The van der Waals surface area contributed by atoms with E-state index in [1.54, 1.807) is 20.4 Å². The molecule has 177 valence electrons. The average Bonchev–Trinajstić information content (AvgIpc) is 2.83. The zero-order valence-electron chi connectivity index (χ0n) is 19.5. The van der Waals surface area contributed by atoms with Crippen LogP contribution in [0.3, 0.4) is 0 Å². The molecule has 4 rings (SSSR count). The largest absolute Gasteiger partial charge is 0.540 e. The molecule has 5 nitrogen and oxygen atoms in total. The second-order valence-corrected chi connectivity index (χ2v) is 7.34. The molecule has 0 bridgehead atoms. The molecular weight excluding hydrogens is 607 g/mol. The van der Waals surface area contributed by atoms with Crippen LogP contribution in [0.2, 0.25) is 0 Å². The first-order valence-electron chi connectivity index (χ1n) is 10.4. The summed E-state index contributed by atoms with van der Waals surface area (Å²) in [7, 11) is 3.31. The van der Waals surface area contributed by atoms with Crippen LogP contribution in [-0.2, 0) is 24.9 Å². The van der Waals surface area contributed by atoms with Crippen LogP contribution in [0.15, 0.2) is 84.8 Å². The fourth-order valence-electron chi connectivity index (χ4n) is 3.44. The number of aliphatic hydroxyl groups is 1. The molecule has 1 N–H and O–H groups in total. The molecule has 0 amide bonds. The number of carbonyl (C=O) groups excluding carboxylic acids is 1. The number of hydrogen-bond acceptors (Lipinski definition) is 5. The van der Waals surface area contributed by atoms with E-state index < -0.39 is 0 Å². The first-order chi connectivity index (χ1) is 15.9. The molecule has 0 fully saturated rings. The van der Waals surface area contributed by atoms with Crippen molar-refractivity contribution in [2.24, 2.45) is 0 Å². The van der Waals surface area contributed by atoms with Crippen molar-refractivity contribution in [3.63, 3.8) is 0 Å². The number of rotatable bonds is 5. The number of allylic oxidation sites excluding steroid dienone is 2. The quantitative estimate of drug-likeness (QED) is 0.156. The first-order valence-corrected chi connectivity index (χ1v) is 10.4. The van der Waals surface area contributed by atoms with E-state index in [0.717, 1.165) is 33.9 Å². The molecule has 0 saturated carbocycles. The van der Waals surface area contributed by atoms with E-state index in [1.807, 2.05) is 24.3 Å². The van der Waals surface area contributed by atoms with Crippen LogP contribution < -0.4 is 9.47 Å². The topological polar surface area (TPSA) is 68.7 Å². The van der Waals surface area contributed by atoms with Gasteiger partial charge in [0, 0.05) is 38.1 Å². The van der Waals surface area contributed by atoms with Crippen LogP contribution in [0.1, 0.15) is 13.8 Å². The van der Waals surface area contributed by atoms with Gasteiger partial charge in [-0.15, -0.1) is 12.1 Å². The van der Waals surface area contributed by atoms with Gasteiger partial charge in [-0.3, -0.25) is 4.79 Å². The van der Waals surface area contributed by atoms with Crippen molar-refractivity contribution in [1.82, 2.24) is 4.98 Å². The third-order valence-electron chi connectivity index (χ3n) is 4.86. The average molecular weight is 633 g/mol. The number of benzene rings is 3. The van der Waals surface area contributed by atoms with Gasteiger partial charge in [-0.25, -0.2) is 0 Å². The zero-order valence-corrected chi connectivity index (χ0v) is 21.9. The van der Waals surface area contributed by atoms with Gasteiger partial charge in [-0.05, 0) is 42.4 Å². The van der Waals surface area contributed by atoms with Gasteiger partial charge in [-0.1, -0.05) is 65.2 Å². The molecule has 0 aliphatic rings. The van der Waals surface area contributed by atoms with Crippen molar-refractivity contribution in [2.75, 3.05) is 14.2 Å². The molecular formula is C28H26IrNO4-. The number of aromatic nitrogens is 1. The summed E-state index contributed by atoms with van der Waals surface area (Å²) in [5.74, 6) is 1.42. The fourth-order valence-corrected chi connectivity index (χ4v) is 3.44. The maximum atomic E-state index is 10.0. The van der Waals surface area contributed by atoms with Crippen LogP contribution >= 0.6 is 0 Å². The van der Waals surface area contributed by atoms with E-state index in [0.29, 0.717) is 0 Å². The predicted molar refractivity (Wildman–Crippen MR) is 132 cm³/mol. The van der Waals surface area contributed by atoms with E-state index in [2.05, 4.69) is 53.5 Å². The molecule has 0 aliphatic carbocycles. The summed E-state index contributed by atoms with van der Waals surface area (Å²) in [5.41, 5.74) is 3.80. The predicted octanol–water partition coefficient (Wildman–Crippen LogP) is 6.42. The summed E-state index contributed by atoms with van der Waals surface area (Å²) < 4.78 is 10.9. The molecule has 0 atom stereocenters. The van der Waals surface area contributed by atoms with Crippen LogP contribution in [0, 0.1) is 6.07 Å². The summed E-state index contributed by atoms with van der Waals surface area (Å²) in [4.78, 5) is 14.4. The van der Waals surface area contributed by atoms with E-state index >= 15 is 0 Å². The minimum absolute atomic E-state index is 0. The Labute approximate surface area is 213 Å². The SMILES string of the molecule is CC(=O)/C=C(/C)O.COc1ccnc(-c2[c-]cc(-c3cccc4ccccc34)cc2OC)c1.[Ir]. The molecule has 6 heteroatoms. The normalized spacial score (nSPS) is 10.5. The van der Waals surface area contributed by atoms with Gasteiger partial charge in [0.25, 0.3) is 0 Å². The smallest absolute Gasteiger partial charge is 0.155 e. The molecule has 34 heavy (non-hydrogen) atoms. The number of pyridine rings is 1. The molecule has 4 aromatic rings. The molecule has 1 radical (unpaired) electrons. The number of ether oxygens (including phenoxy) is 2. The molecule has 1 aromatic heterocycles. The third kappa shape index (κ3) is 6.77. The monoisotopic (exact) mass is 633 g/mol. The Kier molecular flexibility index (Phi) is 9.99. The second-order valence-electron chi connectivity index (χ2n) is 7.34. The number of nitrogens with zero attached hydrogens (tertiary/aromatic N) is 1. The Morgan fingerprint density at radius 1 is 1.00 bits per heavy atom. The van der Waals surface area contributed by atoms with Gasteiger partial charge >= 0.3 is 0 Å². The number of aliphatic hydroxyl groups excluding tert-OH is 1. The third-order valence-corrected chi connectivity index (χ3v) is 4.86. The zero-order chi connectivity index (χ0) is 23.8. The summed E-state index contributed by atoms with van der Waals surface area (Å²) in [6.07, 6.45) is 2.89. The van der Waals surface area contributed by atoms with Crippen molar-refractivity contribution in [1.29, 1.82) is 0 Å². The molecule has 3 aromatic carbocycles. The van der Waals surface area contributed by atoms with Gasteiger partial charge in [0.1, 0.15) is 5.75 Å². The minimum Gasteiger partial charge on any atom is -0.540 e. The van der Waals surface area contributed by atoms with Crippen molar-refractivity contribution >= 4 is 16.6 Å². The van der Waals surface area contributed by atoms with Gasteiger partial charge < -0.3 is 19.6 Å². The van der Waals surface area contributed by atoms with Crippen molar-refractivity contribution < 1.29 is 39.5 Å². The molecule has 0 spiro atoms. The molecule has 1 heterocycles. The van der Waals surface area contributed by atoms with Crippen LogP contribution in [0.4, 0.5) is 0 Å². The van der Waals surface area contributed by atoms with Crippen molar-refractivity contribution in [3.05, 3.63) is 90.8 Å². The molecule has 0 saturated heterocycles. The van der Waals surface area contributed by atoms with Gasteiger partial charge in [-0.2, -0.15) is 0 Å². The van der Waals surface area contributed by atoms with E-state index in [1.165, 1.54) is 30.7 Å². The standard InChI is InChI=1S/C23H18NO2.C5H8O2.Ir/c1-25-18-12-13-24-22(15-18)21-11-10-17(14-23(21)26-2)20-9-5-7-16-6-3-4-8-19(16)20;1-4(6)3-5(2)7;/h3-10,12-15H,1-2H3;3,6H,1-2H3;/q-1;;/b;4-3-;. The fraction of sp³-hybridized carbons (Fsp3) is 0.143. The van der Waals surface area contributed by atoms with E-state index in [4.69, 9.17) is 14.6 Å². The van der Waals surface area contributed by atoms with Gasteiger partial charge in [0.05, 0.1) is 20.0 Å². The number of fused-ring (bicyclic) bond motifs is 1. The number of carbonyl (C=O) groups is 1. The Morgan fingerprint density at radius 3 is 2.38 bits per heavy atom. The maximum Gasteiger partial charge on any atom is 0.155 e. The summed E-state index contributed by atoms with van der Waals surface area (Å²) in [6, 6.07) is 25.7. The van der Waals surface area contributed by atoms with Crippen LogP contribution in [-0.4, -0.2) is 30.1 Å².